The molecule has 1 aromatic heterocycles. The third-order valence-corrected chi connectivity index (χ3v) is 4.26. The second kappa shape index (κ2) is 6.47. The van der Waals surface area contributed by atoms with Crippen LogP contribution in [0.5, 0.6) is 0 Å². The molecule has 0 radical (unpaired) electrons. The van der Waals surface area contributed by atoms with Crippen molar-refractivity contribution in [3.8, 4) is 0 Å². The van der Waals surface area contributed by atoms with Gasteiger partial charge >= 0.3 is 0 Å². The minimum Gasteiger partial charge on any atom is -0.314 e. The summed E-state index contributed by atoms with van der Waals surface area (Å²) in [6.45, 7) is 9.26. The van der Waals surface area contributed by atoms with Gasteiger partial charge in [-0.15, -0.1) is 11.3 Å². The van der Waals surface area contributed by atoms with Crippen molar-refractivity contribution in [3.63, 3.8) is 0 Å². The van der Waals surface area contributed by atoms with Gasteiger partial charge in [-0.3, -0.25) is 0 Å². The van der Waals surface area contributed by atoms with Crippen LogP contribution in [0.4, 0.5) is 0 Å². The van der Waals surface area contributed by atoms with Crippen LogP contribution in [0.3, 0.4) is 0 Å². The van der Waals surface area contributed by atoms with E-state index in [1.807, 2.05) is 5.51 Å². The van der Waals surface area contributed by atoms with Crippen molar-refractivity contribution in [1.82, 2.24) is 15.2 Å². The van der Waals surface area contributed by atoms with Crippen LogP contribution in [0.25, 0.3) is 0 Å². The predicted octanol–water partition coefficient (Wildman–Crippen LogP) is 2.01. The largest absolute Gasteiger partial charge is 0.314 e. The second-order valence-corrected chi connectivity index (χ2v) is 5.68. The summed E-state index contributed by atoms with van der Waals surface area (Å²) in [5.74, 6) is 0.763. The first-order valence-electron chi connectivity index (χ1n) is 6.62. The normalized spacial score (nSPS) is 26.2. The molecule has 1 aliphatic rings. The lowest BCUT2D eigenvalue weighted by atomic mass is 9.93. The third kappa shape index (κ3) is 3.76. The van der Waals surface area contributed by atoms with Gasteiger partial charge in [0.1, 0.15) is 0 Å². The molecule has 2 heterocycles. The van der Waals surface area contributed by atoms with E-state index in [-0.39, 0.29) is 0 Å². The quantitative estimate of drug-likeness (QED) is 0.870. The van der Waals surface area contributed by atoms with Gasteiger partial charge in [-0.2, -0.15) is 0 Å². The Hall–Kier alpha value is -0.450. The van der Waals surface area contributed by atoms with Crippen LogP contribution >= 0.6 is 11.3 Å². The molecule has 96 valence electrons. The molecule has 1 N–H and O–H groups in total. The fourth-order valence-corrected chi connectivity index (χ4v) is 3.23. The van der Waals surface area contributed by atoms with Crippen LogP contribution < -0.4 is 5.32 Å². The Bertz CT molecular complexity index is 312. The lowest BCUT2D eigenvalue weighted by Gasteiger charge is -2.37. The van der Waals surface area contributed by atoms with Gasteiger partial charge in [0.2, 0.25) is 0 Å². The molecular formula is C13H23N3S. The molecule has 0 saturated carbocycles. The zero-order chi connectivity index (χ0) is 12.1. The van der Waals surface area contributed by atoms with Gasteiger partial charge < -0.3 is 10.2 Å². The highest BCUT2D eigenvalue weighted by molar-refractivity contribution is 7.07. The number of thiazole rings is 1. The summed E-state index contributed by atoms with van der Waals surface area (Å²) >= 11 is 1.69. The summed E-state index contributed by atoms with van der Waals surface area (Å²) < 4.78 is 0. The van der Waals surface area contributed by atoms with Gasteiger partial charge in [0.05, 0.1) is 11.2 Å². The van der Waals surface area contributed by atoms with E-state index in [1.165, 1.54) is 25.2 Å². The van der Waals surface area contributed by atoms with E-state index in [4.69, 9.17) is 0 Å². The molecular weight excluding hydrogens is 230 g/mol. The van der Waals surface area contributed by atoms with Crippen molar-refractivity contribution < 1.29 is 0 Å². The number of likely N-dealkylation sites (tertiary alicyclic amines) is 1. The summed E-state index contributed by atoms with van der Waals surface area (Å²) in [5.41, 5.74) is 3.17. The van der Waals surface area contributed by atoms with Gasteiger partial charge in [-0.1, -0.05) is 13.8 Å². The van der Waals surface area contributed by atoms with E-state index in [2.05, 4.69) is 34.4 Å². The van der Waals surface area contributed by atoms with Gasteiger partial charge in [0, 0.05) is 30.9 Å². The number of hydrogen-bond donors (Lipinski definition) is 1. The average molecular weight is 253 g/mol. The molecule has 1 saturated heterocycles. The third-order valence-electron chi connectivity index (χ3n) is 3.62. The van der Waals surface area contributed by atoms with Crippen LogP contribution in [0, 0.1) is 5.92 Å². The van der Waals surface area contributed by atoms with Crippen molar-refractivity contribution in [2.75, 3.05) is 26.2 Å². The molecule has 0 aliphatic carbocycles. The van der Waals surface area contributed by atoms with Crippen LogP contribution in [0.1, 0.15) is 26.0 Å². The summed E-state index contributed by atoms with van der Waals surface area (Å²) in [6, 6.07) is 0.718. The number of rotatable bonds is 5. The first kappa shape index (κ1) is 13.0. The fraction of sp³-hybridized carbons (Fsp3) is 0.769. The molecule has 2 rings (SSSR count). The molecule has 1 aliphatic heterocycles. The Balaban J connectivity index is 1.73. The Kier molecular flexibility index (Phi) is 4.95. The molecule has 3 nitrogen and oxygen atoms in total. The van der Waals surface area contributed by atoms with Crippen LogP contribution in [0.15, 0.2) is 10.9 Å². The molecule has 0 bridgehead atoms. The van der Waals surface area contributed by atoms with E-state index >= 15 is 0 Å². The minimum atomic E-state index is 0.718. The van der Waals surface area contributed by atoms with Gasteiger partial charge in [0.25, 0.3) is 0 Å². The molecule has 0 spiro atoms. The molecule has 4 heteroatoms. The Morgan fingerprint density at radius 3 is 3.12 bits per heavy atom. The summed E-state index contributed by atoms with van der Waals surface area (Å²) in [4.78, 5) is 6.92. The van der Waals surface area contributed by atoms with Crippen molar-refractivity contribution in [2.45, 2.75) is 32.7 Å². The molecule has 1 fully saturated rings. The fourth-order valence-electron chi connectivity index (χ4n) is 2.63. The van der Waals surface area contributed by atoms with Crippen LogP contribution in [-0.2, 0) is 6.42 Å². The van der Waals surface area contributed by atoms with Crippen molar-refractivity contribution in [3.05, 3.63) is 16.6 Å². The Morgan fingerprint density at radius 2 is 2.47 bits per heavy atom. The predicted molar refractivity (Wildman–Crippen MR) is 73.5 cm³/mol. The van der Waals surface area contributed by atoms with E-state index in [1.54, 1.807) is 11.3 Å². The molecule has 2 atom stereocenters. The monoisotopic (exact) mass is 253 g/mol. The maximum Gasteiger partial charge on any atom is 0.0794 e. The highest BCUT2D eigenvalue weighted by Crippen LogP contribution is 2.17. The number of hydrogen-bond acceptors (Lipinski definition) is 4. The second-order valence-electron chi connectivity index (χ2n) is 4.96. The molecule has 0 amide bonds. The topological polar surface area (TPSA) is 28.2 Å². The molecule has 2 unspecified atom stereocenters. The molecule has 17 heavy (non-hydrogen) atoms. The van der Waals surface area contributed by atoms with Crippen molar-refractivity contribution >= 4 is 11.3 Å². The van der Waals surface area contributed by atoms with Crippen LogP contribution in [-0.4, -0.2) is 42.1 Å². The zero-order valence-electron chi connectivity index (χ0n) is 10.9. The van der Waals surface area contributed by atoms with Crippen molar-refractivity contribution in [1.29, 1.82) is 0 Å². The Labute approximate surface area is 108 Å². The minimum absolute atomic E-state index is 0.718. The van der Waals surface area contributed by atoms with Crippen LogP contribution in [0.2, 0.25) is 0 Å². The smallest absolute Gasteiger partial charge is 0.0794 e. The van der Waals surface area contributed by atoms with Crippen molar-refractivity contribution in [2.24, 2.45) is 5.92 Å². The number of aromatic nitrogens is 1. The molecule has 1 aromatic rings. The van der Waals surface area contributed by atoms with E-state index in [9.17, 15) is 0 Å². The summed E-state index contributed by atoms with van der Waals surface area (Å²) in [7, 11) is 0. The van der Waals surface area contributed by atoms with E-state index < -0.39 is 0 Å². The maximum absolute atomic E-state index is 4.34. The maximum atomic E-state index is 4.34. The number of nitrogens with one attached hydrogen (secondary N) is 1. The van der Waals surface area contributed by atoms with Gasteiger partial charge in [-0.25, -0.2) is 4.98 Å². The lowest BCUT2D eigenvalue weighted by molar-refractivity contribution is 0.149. The van der Waals surface area contributed by atoms with E-state index in [0.717, 1.165) is 31.5 Å². The summed E-state index contributed by atoms with van der Waals surface area (Å²) in [5, 5.41) is 5.75. The average Bonchev–Trinajstić information content (AvgIpc) is 2.83. The zero-order valence-corrected chi connectivity index (χ0v) is 11.7. The highest BCUT2D eigenvalue weighted by atomic mass is 32.1. The first-order valence-corrected chi connectivity index (χ1v) is 7.56. The van der Waals surface area contributed by atoms with Gasteiger partial charge in [0.15, 0.2) is 0 Å². The van der Waals surface area contributed by atoms with E-state index in [0.29, 0.717) is 0 Å². The number of piperidine rings is 1. The SMILES string of the molecule is CCNC1CCN(CCc2cscn2)CC1C. The Morgan fingerprint density at radius 1 is 1.59 bits per heavy atom. The standard InChI is InChI=1S/C13H23N3S/c1-3-14-13-5-7-16(8-11(13)2)6-4-12-9-17-10-15-12/h9-11,13-14H,3-8H2,1-2H3. The first-order chi connectivity index (χ1) is 8.29. The number of nitrogens with zero attached hydrogens (tertiary/aromatic N) is 2. The van der Waals surface area contributed by atoms with Gasteiger partial charge in [-0.05, 0) is 25.4 Å². The molecule has 0 aromatic carbocycles. The highest BCUT2D eigenvalue weighted by Gasteiger charge is 2.24. The summed E-state index contributed by atoms with van der Waals surface area (Å²) in [6.07, 6.45) is 2.38. The lowest BCUT2D eigenvalue weighted by Crippen LogP contribution is -2.48.